The molecule has 0 radical (unpaired) electrons. The summed E-state index contributed by atoms with van der Waals surface area (Å²) in [6.07, 6.45) is 0. The van der Waals surface area contributed by atoms with E-state index in [9.17, 15) is 13.2 Å². The Kier molecular flexibility index (Phi) is 6.77. The van der Waals surface area contributed by atoms with E-state index in [1.54, 1.807) is 31.2 Å². The predicted molar refractivity (Wildman–Crippen MR) is 103 cm³/mol. The number of nitrogens with one attached hydrogen (secondary N) is 1. The van der Waals surface area contributed by atoms with Crippen LogP contribution in [0, 0.1) is 0 Å². The number of hydrogen-bond donors (Lipinski definition) is 1. The van der Waals surface area contributed by atoms with Crippen LogP contribution in [0.4, 0.5) is 0 Å². The Morgan fingerprint density at radius 3 is 2.08 bits per heavy atom. The van der Waals surface area contributed by atoms with E-state index in [1.165, 1.54) is 31.3 Å². The topological polar surface area (TPSA) is 78.8 Å². The van der Waals surface area contributed by atoms with Crippen molar-refractivity contribution in [3.63, 3.8) is 0 Å². The molecule has 0 bridgehead atoms. The quantitative estimate of drug-likeness (QED) is 0.583. The van der Waals surface area contributed by atoms with Crippen LogP contribution in [-0.4, -0.2) is 37.9 Å². The molecule has 2 aromatic rings. The number of amides is 1. The molecule has 0 aromatic heterocycles. The molecule has 138 valence electrons. The first-order valence-electron chi connectivity index (χ1n) is 7.51. The van der Waals surface area contributed by atoms with Crippen LogP contribution < -0.4 is 5.43 Å². The molecule has 9 heteroatoms. The van der Waals surface area contributed by atoms with Crippen molar-refractivity contribution < 1.29 is 13.2 Å². The lowest BCUT2D eigenvalue weighted by atomic mass is 10.1. The third kappa shape index (κ3) is 5.28. The number of benzene rings is 2. The van der Waals surface area contributed by atoms with Crippen LogP contribution >= 0.6 is 23.2 Å². The SMILES string of the molecule is C/C(=N/NC(=O)CN(C)S(=O)(=O)c1ccc(Cl)cc1)c1ccc(Cl)cc1. The molecule has 0 spiro atoms. The normalized spacial score (nSPS) is 12.3. The van der Waals surface area contributed by atoms with Crippen LogP contribution in [-0.2, 0) is 14.8 Å². The number of sulfonamides is 1. The highest BCUT2D eigenvalue weighted by Crippen LogP contribution is 2.17. The Bertz CT molecular complexity index is 911. The highest BCUT2D eigenvalue weighted by Gasteiger charge is 2.22. The second-order valence-electron chi connectivity index (χ2n) is 5.45. The number of hydrazone groups is 1. The molecule has 26 heavy (non-hydrogen) atoms. The third-order valence-corrected chi connectivity index (χ3v) is 5.82. The maximum absolute atomic E-state index is 12.4. The summed E-state index contributed by atoms with van der Waals surface area (Å²) in [7, 11) is -2.48. The van der Waals surface area contributed by atoms with Crippen molar-refractivity contribution in [2.45, 2.75) is 11.8 Å². The molecule has 0 aliphatic heterocycles. The van der Waals surface area contributed by atoms with Crippen molar-refractivity contribution in [3.05, 3.63) is 64.1 Å². The largest absolute Gasteiger partial charge is 0.272 e. The summed E-state index contributed by atoms with van der Waals surface area (Å²) in [5.41, 5.74) is 3.70. The van der Waals surface area contributed by atoms with Crippen LogP contribution in [0.2, 0.25) is 10.0 Å². The Hall–Kier alpha value is -1.93. The first kappa shape index (κ1) is 20.4. The van der Waals surface area contributed by atoms with E-state index in [0.717, 1.165) is 9.87 Å². The molecule has 1 N–H and O–H groups in total. The number of rotatable bonds is 6. The Labute approximate surface area is 162 Å². The number of hydrogen-bond acceptors (Lipinski definition) is 4. The van der Waals surface area contributed by atoms with Crippen molar-refractivity contribution in [2.24, 2.45) is 5.10 Å². The fourth-order valence-electron chi connectivity index (χ4n) is 2.01. The summed E-state index contributed by atoms with van der Waals surface area (Å²) in [5, 5.41) is 5.00. The minimum Gasteiger partial charge on any atom is -0.272 e. The van der Waals surface area contributed by atoms with Gasteiger partial charge in [-0.25, -0.2) is 13.8 Å². The van der Waals surface area contributed by atoms with E-state index in [2.05, 4.69) is 10.5 Å². The van der Waals surface area contributed by atoms with Crippen molar-refractivity contribution in [2.75, 3.05) is 13.6 Å². The Morgan fingerprint density at radius 1 is 1.04 bits per heavy atom. The number of carbonyl (C=O) groups excluding carboxylic acids is 1. The van der Waals surface area contributed by atoms with Gasteiger partial charge in [-0.15, -0.1) is 0 Å². The maximum Gasteiger partial charge on any atom is 0.255 e. The number of likely N-dealkylation sites (N-methyl/N-ethyl adjacent to an activating group) is 1. The van der Waals surface area contributed by atoms with Gasteiger partial charge in [-0.3, -0.25) is 4.79 Å². The second-order valence-corrected chi connectivity index (χ2v) is 8.37. The monoisotopic (exact) mass is 413 g/mol. The molecular formula is C17H17Cl2N3O3S. The summed E-state index contributed by atoms with van der Waals surface area (Å²) >= 11 is 11.6. The van der Waals surface area contributed by atoms with E-state index in [-0.39, 0.29) is 11.4 Å². The van der Waals surface area contributed by atoms with Gasteiger partial charge in [0.15, 0.2) is 0 Å². The fourth-order valence-corrected chi connectivity index (χ4v) is 3.39. The zero-order valence-corrected chi connectivity index (χ0v) is 16.4. The van der Waals surface area contributed by atoms with Gasteiger partial charge in [0, 0.05) is 17.1 Å². The Morgan fingerprint density at radius 2 is 1.54 bits per heavy atom. The van der Waals surface area contributed by atoms with E-state index in [1.807, 2.05) is 0 Å². The van der Waals surface area contributed by atoms with Gasteiger partial charge in [0.2, 0.25) is 10.0 Å². The highest BCUT2D eigenvalue weighted by molar-refractivity contribution is 7.89. The zero-order chi connectivity index (χ0) is 19.3. The van der Waals surface area contributed by atoms with Gasteiger partial charge in [0.25, 0.3) is 5.91 Å². The van der Waals surface area contributed by atoms with Gasteiger partial charge < -0.3 is 0 Å². The molecule has 1 amide bonds. The number of halogens is 2. The van der Waals surface area contributed by atoms with Crippen molar-refractivity contribution in [1.29, 1.82) is 0 Å². The summed E-state index contributed by atoms with van der Waals surface area (Å²) in [4.78, 5) is 12.1. The minimum absolute atomic E-state index is 0.0537. The van der Waals surface area contributed by atoms with Gasteiger partial charge in [-0.2, -0.15) is 9.41 Å². The van der Waals surface area contributed by atoms with Crippen LogP contribution in [0.25, 0.3) is 0 Å². The molecular weight excluding hydrogens is 397 g/mol. The highest BCUT2D eigenvalue weighted by atomic mass is 35.5. The minimum atomic E-state index is -3.80. The van der Waals surface area contributed by atoms with Crippen molar-refractivity contribution in [3.8, 4) is 0 Å². The summed E-state index contributed by atoms with van der Waals surface area (Å²) in [6, 6.07) is 12.7. The van der Waals surface area contributed by atoms with Crippen molar-refractivity contribution >= 4 is 44.8 Å². The molecule has 0 aliphatic rings. The van der Waals surface area contributed by atoms with Gasteiger partial charge >= 0.3 is 0 Å². The molecule has 6 nitrogen and oxygen atoms in total. The van der Waals surface area contributed by atoms with E-state index in [4.69, 9.17) is 23.2 Å². The lowest BCUT2D eigenvalue weighted by Gasteiger charge is -2.16. The molecule has 0 atom stereocenters. The van der Waals surface area contributed by atoms with Crippen LogP contribution in [0.3, 0.4) is 0 Å². The average molecular weight is 414 g/mol. The zero-order valence-electron chi connectivity index (χ0n) is 14.1. The first-order chi connectivity index (χ1) is 12.2. The number of nitrogens with zero attached hydrogens (tertiary/aromatic N) is 2. The van der Waals surface area contributed by atoms with Gasteiger partial charge in [0.1, 0.15) is 0 Å². The van der Waals surface area contributed by atoms with E-state index >= 15 is 0 Å². The predicted octanol–water partition coefficient (Wildman–Crippen LogP) is 3.15. The second kappa shape index (κ2) is 8.64. The fraction of sp³-hybridized carbons (Fsp3) is 0.176. The smallest absolute Gasteiger partial charge is 0.255 e. The molecule has 2 aromatic carbocycles. The summed E-state index contributed by atoms with van der Waals surface area (Å²) in [5.74, 6) is -0.557. The Balaban J connectivity index is 2.01. The molecule has 0 saturated carbocycles. The molecule has 0 saturated heterocycles. The molecule has 0 aliphatic carbocycles. The van der Waals surface area contributed by atoms with Crippen molar-refractivity contribution in [1.82, 2.24) is 9.73 Å². The maximum atomic E-state index is 12.4. The molecule has 2 rings (SSSR count). The standard InChI is InChI=1S/C17H17Cl2N3O3S/c1-12(13-3-5-14(18)6-4-13)20-21-17(23)11-22(2)26(24,25)16-9-7-15(19)8-10-16/h3-10H,11H2,1-2H3,(H,21,23)/b20-12-. The molecule has 0 unspecified atom stereocenters. The van der Waals surface area contributed by atoms with E-state index < -0.39 is 15.9 Å². The molecule has 0 heterocycles. The lowest BCUT2D eigenvalue weighted by molar-refractivity contribution is -0.121. The van der Waals surface area contributed by atoms with E-state index in [0.29, 0.717) is 15.8 Å². The van der Waals surface area contributed by atoms with Gasteiger partial charge in [0.05, 0.1) is 17.2 Å². The molecule has 0 fully saturated rings. The van der Waals surface area contributed by atoms with Crippen LogP contribution in [0.1, 0.15) is 12.5 Å². The summed E-state index contributed by atoms with van der Waals surface area (Å²) < 4.78 is 25.8. The lowest BCUT2D eigenvalue weighted by Crippen LogP contribution is -2.36. The van der Waals surface area contributed by atoms with Crippen LogP contribution in [0.5, 0.6) is 0 Å². The van der Waals surface area contributed by atoms with Gasteiger partial charge in [-0.1, -0.05) is 35.3 Å². The summed E-state index contributed by atoms with van der Waals surface area (Å²) in [6.45, 7) is 1.35. The average Bonchev–Trinajstić information content (AvgIpc) is 2.60. The van der Waals surface area contributed by atoms with Crippen LogP contribution in [0.15, 0.2) is 58.5 Å². The van der Waals surface area contributed by atoms with Gasteiger partial charge in [-0.05, 0) is 48.9 Å². The first-order valence-corrected chi connectivity index (χ1v) is 9.71. The number of carbonyl (C=O) groups is 1. The third-order valence-electron chi connectivity index (χ3n) is 3.50.